The molecule has 7 heteroatoms. The van der Waals surface area contributed by atoms with Crippen LogP contribution in [0.1, 0.15) is 63.6 Å². The van der Waals surface area contributed by atoms with Gasteiger partial charge in [0.2, 0.25) is 0 Å². The van der Waals surface area contributed by atoms with Crippen LogP contribution in [0.5, 0.6) is 0 Å². The number of amides is 2. The summed E-state index contributed by atoms with van der Waals surface area (Å²) in [5, 5.41) is 11.7. The van der Waals surface area contributed by atoms with Crippen LogP contribution in [-0.4, -0.2) is 45.9 Å². The Balaban J connectivity index is 2.09. The summed E-state index contributed by atoms with van der Waals surface area (Å²) >= 11 is 0. The topological polar surface area (TPSA) is 99.6 Å². The van der Waals surface area contributed by atoms with Crippen LogP contribution in [0.15, 0.2) is 36.4 Å². The lowest BCUT2D eigenvalue weighted by atomic mass is 10.1. The molecule has 0 saturated heterocycles. The predicted octanol–water partition coefficient (Wildman–Crippen LogP) is 3.60. The van der Waals surface area contributed by atoms with Crippen molar-refractivity contribution in [2.75, 3.05) is 18.4 Å². The molecular formula is C21H25N3O4. The molecule has 0 aliphatic carbocycles. The molecule has 148 valence electrons. The molecule has 0 saturated carbocycles. The number of aryl methyl sites for hydroxylation is 1. The number of hydrogen-bond donors (Lipinski definition) is 2. The smallest absolute Gasteiger partial charge is 0.337 e. The highest BCUT2D eigenvalue weighted by atomic mass is 16.4. The van der Waals surface area contributed by atoms with Gasteiger partial charge in [-0.15, -0.1) is 0 Å². The number of rotatable bonds is 8. The van der Waals surface area contributed by atoms with Gasteiger partial charge in [-0.05, 0) is 56.2 Å². The molecule has 2 N–H and O–H groups in total. The average Bonchev–Trinajstić information content (AvgIpc) is 2.67. The van der Waals surface area contributed by atoms with Gasteiger partial charge in [0, 0.05) is 24.3 Å². The Kier molecular flexibility index (Phi) is 7.26. The van der Waals surface area contributed by atoms with E-state index in [2.05, 4.69) is 10.3 Å². The third-order valence-corrected chi connectivity index (χ3v) is 4.21. The molecule has 0 bridgehead atoms. The zero-order valence-electron chi connectivity index (χ0n) is 16.4. The Morgan fingerprint density at radius 2 is 1.61 bits per heavy atom. The molecule has 0 aliphatic rings. The van der Waals surface area contributed by atoms with Crippen LogP contribution in [0.3, 0.4) is 0 Å². The lowest BCUT2D eigenvalue weighted by Crippen LogP contribution is -2.32. The number of carboxylic acids is 1. The Morgan fingerprint density at radius 1 is 1.00 bits per heavy atom. The normalized spacial score (nSPS) is 10.4. The van der Waals surface area contributed by atoms with Gasteiger partial charge >= 0.3 is 5.97 Å². The molecule has 7 nitrogen and oxygen atoms in total. The molecular weight excluding hydrogens is 358 g/mol. The van der Waals surface area contributed by atoms with E-state index in [1.165, 1.54) is 12.1 Å². The van der Waals surface area contributed by atoms with E-state index >= 15 is 0 Å². The van der Waals surface area contributed by atoms with E-state index in [4.69, 9.17) is 5.11 Å². The second kappa shape index (κ2) is 9.64. The minimum atomic E-state index is -1.09. The summed E-state index contributed by atoms with van der Waals surface area (Å²) in [7, 11) is 0. The quantitative estimate of drug-likeness (QED) is 0.725. The van der Waals surface area contributed by atoms with Crippen LogP contribution in [0.25, 0.3) is 0 Å². The first-order chi connectivity index (χ1) is 13.4. The third kappa shape index (κ3) is 5.16. The fraction of sp³-hybridized carbons (Fsp3) is 0.333. The summed E-state index contributed by atoms with van der Waals surface area (Å²) < 4.78 is 0. The van der Waals surface area contributed by atoms with Gasteiger partial charge < -0.3 is 15.3 Å². The fourth-order valence-corrected chi connectivity index (χ4v) is 2.84. The van der Waals surface area contributed by atoms with E-state index < -0.39 is 11.9 Å². The van der Waals surface area contributed by atoms with Crippen molar-refractivity contribution in [2.45, 2.75) is 33.6 Å². The predicted molar refractivity (Wildman–Crippen MR) is 107 cm³/mol. The number of anilines is 1. The lowest BCUT2D eigenvalue weighted by Gasteiger charge is -2.21. The summed E-state index contributed by atoms with van der Waals surface area (Å²) in [5.74, 6) is -1.56. The molecule has 0 fully saturated rings. The molecule has 28 heavy (non-hydrogen) atoms. The molecule has 0 spiro atoms. The number of carboxylic acid groups (broad SMARTS) is 1. The van der Waals surface area contributed by atoms with Crippen LogP contribution in [0, 0.1) is 6.92 Å². The number of hydrogen-bond acceptors (Lipinski definition) is 4. The zero-order chi connectivity index (χ0) is 20.7. The van der Waals surface area contributed by atoms with Crippen LogP contribution >= 0.6 is 0 Å². The number of carbonyl (C=O) groups is 3. The Labute approximate surface area is 164 Å². The van der Waals surface area contributed by atoms with Gasteiger partial charge in [0.1, 0.15) is 5.69 Å². The van der Waals surface area contributed by atoms with E-state index in [0.29, 0.717) is 24.3 Å². The van der Waals surface area contributed by atoms with Gasteiger partial charge in [-0.3, -0.25) is 9.59 Å². The Hall–Kier alpha value is -3.22. The first kappa shape index (κ1) is 21.1. The highest BCUT2D eigenvalue weighted by Crippen LogP contribution is 2.14. The molecule has 0 unspecified atom stereocenters. The Morgan fingerprint density at radius 3 is 2.11 bits per heavy atom. The number of nitrogens with zero attached hydrogens (tertiary/aromatic N) is 2. The maximum atomic E-state index is 12.6. The van der Waals surface area contributed by atoms with E-state index in [1.807, 2.05) is 18.7 Å². The van der Waals surface area contributed by atoms with Gasteiger partial charge in [-0.2, -0.15) is 0 Å². The number of benzene rings is 1. The van der Waals surface area contributed by atoms with Crippen molar-refractivity contribution in [3.63, 3.8) is 0 Å². The molecule has 1 aromatic heterocycles. The van der Waals surface area contributed by atoms with E-state index in [9.17, 15) is 14.4 Å². The van der Waals surface area contributed by atoms with Crippen molar-refractivity contribution in [3.05, 3.63) is 58.9 Å². The van der Waals surface area contributed by atoms with Gasteiger partial charge in [0.15, 0.2) is 0 Å². The van der Waals surface area contributed by atoms with Crippen LogP contribution in [0.2, 0.25) is 0 Å². The van der Waals surface area contributed by atoms with Crippen molar-refractivity contribution in [3.8, 4) is 0 Å². The molecule has 1 heterocycles. The van der Waals surface area contributed by atoms with Gasteiger partial charge in [-0.1, -0.05) is 13.8 Å². The van der Waals surface area contributed by atoms with Crippen molar-refractivity contribution in [2.24, 2.45) is 0 Å². The third-order valence-electron chi connectivity index (χ3n) is 4.21. The van der Waals surface area contributed by atoms with Crippen LogP contribution < -0.4 is 5.32 Å². The van der Waals surface area contributed by atoms with E-state index in [1.54, 1.807) is 31.2 Å². The molecule has 0 aliphatic heterocycles. The highest BCUT2D eigenvalue weighted by molar-refractivity contribution is 6.03. The average molecular weight is 383 g/mol. The minimum Gasteiger partial charge on any atom is -0.478 e. The minimum absolute atomic E-state index is 0.0249. The molecule has 2 aromatic rings. The second-order valence-corrected chi connectivity index (χ2v) is 6.46. The van der Waals surface area contributed by atoms with Crippen molar-refractivity contribution in [1.29, 1.82) is 0 Å². The number of carbonyl (C=O) groups excluding carboxylic acids is 2. The Bertz CT molecular complexity index is 856. The number of aromatic carboxylic acids is 1. The van der Waals surface area contributed by atoms with Gasteiger partial charge in [0.25, 0.3) is 11.8 Å². The number of pyridine rings is 1. The SMILES string of the molecule is CCCN(CCC)C(=O)c1ccc(NC(=O)c2ccc(C(=O)O)c(C)n2)cc1. The number of aromatic nitrogens is 1. The van der Waals surface area contributed by atoms with Crippen LogP contribution in [0.4, 0.5) is 5.69 Å². The van der Waals surface area contributed by atoms with Gasteiger partial charge in [-0.25, -0.2) is 9.78 Å². The maximum Gasteiger partial charge on any atom is 0.337 e. The van der Waals surface area contributed by atoms with E-state index in [0.717, 1.165) is 12.8 Å². The molecule has 0 atom stereocenters. The summed E-state index contributed by atoms with van der Waals surface area (Å²) in [6.45, 7) is 7.03. The van der Waals surface area contributed by atoms with E-state index in [-0.39, 0.29) is 22.9 Å². The largest absolute Gasteiger partial charge is 0.478 e. The first-order valence-electron chi connectivity index (χ1n) is 9.29. The molecule has 2 amide bonds. The summed E-state index contributed by atoms with van der Waals surface area (Å²) in [6.07, 6.45) is 1.79. The summed E-state index contributed by atoms with van der Waals surface area (Å²) in [6, 6.07) is 9.43. The number of nitrogens with one attached hydrogen (secondary N) is 1. The van der Waals surface area contributed by atoms with Crippen molar-refractivity contribution in [1.82, 2.24) is 9.88 Å². The lowest BCUT2D eigenvalue weighted by molar-refractivity contribution is 0.0693. The second-order valence-electron chi connectivity index (χ2n) is 6.46. The molecule has 1 aromatic carbocycles. The first-order valence-corrected chi connectivity index (χ1v) is 9.29. The van der Waals surface area contributed by atoms with Crippen LogP contribution in [-0.2, 0) is 0 Å². The fourth-order valence-electron chi connectivity index (χ4n) is 2.84. The molecule has 2 rings (SSSR count). The van der Waals surface area contributed by atoms with Crippen molar-refractivity contribution < 1.29 is 19.5 Å². The summed E-state index contributed by atoms with van der Waals surface area (Å²) in [4.78, 5) is 41.8. The standard InChI is InChI=1S/C21H25N3O4/c1-4-12-24(13-5-2)20(26)15-6-8-16(9-7-15)23-19(25)18-11-10-17(21(27)28)14(3)22-18/h6-11H,4-5,12-13H2,1-3H3,(H,23,25)(H,27,28). The maximum absolute atomic E-state index is 12.6. The zero-order valence-corrected chi connectivity index (χ0v) is 16.4. The van der Waals surface area contributed by atoms with Crippen molar-refractivity contribution >= 4 is 23.5 Å². The highest BCUT2D eigenvalue weighted by Gasteiger charge is 2.16. The molecule has 0 radical (unpaired) electrons. The summed E-state index contributed by atoms with van der Waals surface area (Å²) in [5.41, 5.74) is 1.55. The monoisotopic (exact) mass is 383 g/mol. The van der Waals surface area contributed by atoms with Gasteiger partial charge in [0.05, 0.1) is 11.3 Å².